The summed E-state index contributed by atoms with van der Waals surface area (Å²) < 4.78 is 21.9. The summed E-state index contributed by atoms with van der Waals surface area (Å²) in [5.74, 6) is -0.185. The fourth-order valence-corrected chi connectivity index (χ4v) is 4.65. The molecule has 1 aliphatic carbocycles. The highest BCUT2D eigenvalue weighted by atomic mass is 28.4. The molecule has 0 spiro atoms. The smallest absolute Gasteiger partial charge is 0.459 e. The molecule has 0 radical (unpaired) electrons. The fourth-order valence-electron chi connectivity index (χ4n) is 3.03. The number of hydrogen-bond donors (Lipinski definition) is 0. The van der Waals surface area contributed by atoms with Crippen LogP contribution < -0.4 is 0 Å². The predicted octanol–water partition coefficient (Wildman–Crippen LogP) is 3.16. The average Bonchev–Trinajstić information content (AvgIpc) is 2.90. The van der Waals surface area contributed by atoms with Gasteiger partial charge in [-0.1, -0.05) is 20.8 Å². The molecule has 0 atom stereocenters. The van der Waals surface area contributed by atoms with Crippen LogP contribution in [0.2, 0.25) is 6.04 Å². The maximum absolute atomic E-state index is 12.3. The van der Waals surface area contributed by atoms with Crippen LogP contribution in [0.25, 0.3) is 0 Å². The van der Waals surface area contributed by atoms with Crippen LogP contribution in [0, 0.1) is 5.41 Å². The van der Waals surface area contributed by atoms with Crippen LogP contribution in [-0.4, -0.2) is 41.7 Å². The lowest BCUT2D eigenvalue weighted by atomic mass is 9.75. The van der Waals surface area contributed by atoms with Gasteiger partial charge >= 0.3 is 14.8 Å². The Morgan fingerprint density at radius 1 is 1.05 bits per heavy atom. The van der Waals surface area contributed by atoms with E-state index in [2.05, 4.69) is 20.8 Å². The van der Waals surface area contributed by atoms with Crippen LogP contribution in [0.5, 0.6) is 0 Å². The van der Waals surface area contributed by atoms with E-state index < -0.39 is 8.80 Å². The molecule has 0 bridgehead atoms. The zero-order valence-corrected chi connectivity index (χ0v) is 15.3. The second-order valence-electron chi connectivity index (χ2n) is 6.72. The summed E-state index contributed by atoms with van der Waals surface area (Å²) in [6.45, 7) is 6.43. The van der Waals surface area contributed by atoms with Crippen molar-refractivity contribution in [2.24, 2.45) is 5.41 Å². The molecular weight excluding hydrogens is 288 g/mol. The minimum Gasteiger partial charge on any atom is -0.459 e. The molecule has 1 saturated carbocycles. The Kier molecular flexibility index (Phi) is 6.40. The zero-order chi connectivity index (χ0) is 16.1. The molecule has 0 unspecified atom stereocenters. The van der Waals surface area contributed by atoms with Crippen molar-refractivity contribution in [2.75, 3.05) is 21.3 Å². The second kappa shape index (κ2) is 7.22. The molecule has 0 heterocycles. The van der Waals surface area contributed by atoms with Gasteiger partial charge in [0.2, 0.25) is 0 Å². The van der Waals surface area contributed by atoms with Gasteiger partial charge in [0.05, 0.1) is 0 Å². The van der Waals surface area contributed by atoms with Gasteiger partial charge in [0.25, 0.3) is 0 Å². The standard InChI is InChI=1S/C15H30O5Si/c1-14(2,3)15(10-7-8-11-15)20-13(16)9-12-21(17-4,18-5)19-6/h7-12H2,1-6H3. The minimum atomic E-state index is -2.71. The van der Waals surface area contributed by atoms with Gasteiger partial charge in [0, 0.05) is 39.2 Å². The summed E-state index contributed by atoms with van der Waals surface area (Å²) in [6.07, 6.45) is 4.40. The lowest BCUT2D eigenvalue weighted by molar-refractivity contribution is -0.172. The topological polar surface area (TPSA) is 54.0 Å². The van der Waals surface area contributed by atoms with Crippen molar-refractivity contribution in [3.63, 3.8) is 0 Å². The molecule has 1 fully saturated rings. The van der Waals surface area contributed by atoms with Crippen molar-refractivity contribution < 1.29 is 22.8 Å². The first kappa shape index (κ1) is 18.6. The highest BCUT2D eigenvalue weighted by Crippen LogP contribution is 2.46. The molecule has 21 heavy (non-hydrogen) atoms. The molecule has 1 aliphatic rings. The normalized spacial score (nSPS) is 18.8. The zero-order valence-electron chi connectivity index (χ0n) is 14.3. The van der Waals surface area contributed by atoms with E-state index in [1.54, 1.807) is 21.3 Å². The third-order valence-corrected chi connectivity index (χ3v) is 7.38. The number of hydrogen-bond acceptors (Lipinski definition) is 5. The summed E-state index contributed by atoms with van der Waals surface area (Å²) >= 11 is 0. The van der Waals surface area contributed by atoms with Crippen LogP contribution in [0.1, 0.15) is 52.9 Å². The Balaban J connectivity index is 2.64. The van der Waals surface area contributed by atoms with Crippen LogP contribution in [0.15, 0.2) is 0 Å². The number of carbonyl (C=O) groups excluding carboxylic acids is 1. The average molecular weight is 318 g/mol. The van der Waals surface area contributed by atoms with E-state index in [0.29, 0.717) is 6.04 Å². The minimum absolute atomic E-state index is 0.0442. The van der Waals surface area contributed by atoms with E-state index in [1.165, 1.54) is 0 Å². The van der Waals surface area contributed by atoms with Crippen LogP contribution in [-0.2, 0) is 22.8 Å². The molecule has 6 heteroatoms. The molecule has 0 N–H and O–H groups in total. The van der Waals surface area contributed by atoms with Crippen LogP contribution >= 0.6 is 0 Å². The molecule has 1 rings (SSSR count). The predicted molar refractivity (Wildman–Crippen MR) is 83.0 cm³/mol. The Morgan fingerprint density at radius 2 is 1.52 bits per heavy atom. The SMILES string of the molecule is CO[Si](CCC(=O)OC1(C(C)(C)C)CCCC1)(OC)OC. The third-order valence-electron chi connectivity index (χ3n) is 4.66. The van der Waals surface area contributed by atoms with Crippen molar-refractivity contribution >= 4 is 14.8 Å². The van der Waals surface area contributed by atoms with Crippen LogP contribution in [0.4, 0.5) is 0 Å². The van der Waals surface area contributed by atoms with Gasteiger partial charge < -0.3 is 18.0 Å². The maximum Gasteiger partial charge on any atom is 0.500 e. The van der Waals surface area contributed by atoms with E-state index in [9.17, 15) is 4.79 Å². The van der Waals surface area contributed by atoms with E-state index in [-0.39, 0.29) is 23.4 Å². The largest absolute Gasteiger partial charge is 0.500 e. The molecular formula is C15H30O5Si. The second-order valence-corrected chi connectivity index (χ2v) is 9.81. The number of rotatable bonds is 7. The Morgan fingerprint density at radius 3 is 1.90 bits per heavy atom. The summed E-state index contributed by atoms with van der Waals surface area (Å²) in [7, 11) is 1.95. The first-order valence-corrected chi connectivity index (χ1v) is 9.55. The van der Waals surface area contributed by atoms with Crippen molar-refractivity contribution in [2.45, 2.75) is 64.5 Å². The van der Waals surface area contributed by atoms with Crippen molar-refractivity contribution in [1.29, 1.82) is 0 Å². The molecule has 0 aromatic heterocycles. The summed E-state index contributed by atoms with van der Waals surface area (Å²) in [5, 5.41) is 0. The van der Waals surface area contributed by atoms with E-state index in [4.69, 9.17) is 18.0 Å². The molecule has 0 aromatic carbocycles. The molecule has 0 saturated heterocycles. The Labute approximate surface area is 129 Å². The highest BCUT2D eigenvalue weighted by molar-refractivity contribution is 6.60. The summed E-state index contributed by atoms with van der Waals surface area (Å²) in [6, 6.07) is 0.440. The fraction of sp³-hybridized carbons (Fsp3) is 0.933. The van der Waals surface area contributed by atoms with E-state index in [1.807, 2.05) is 0 Å². The van der Waals surface area contributed by atoms with Gasteiger partial charge in [-0.25, -0.2) is 0 Å². The van der Waals surface area contributed by atoms with Crippen molar-refractivity contribution in [1.82, 2.24) is 0 Å². The van der Waals surface area contributed by atoms with Gasteiger partial charge in [-0.05, 0) is 25.7 Å². The maximum atomic E-state index is 12.3. The van der Waals surface area contributed by atoms with Gasteiger partial charge in [-0.2, -0.15) is 0 Å². The number of esters is 1. The Bertz CT molecular complexity index is 332. The molecule has 0 aromatic rings. The van der Waals surface area contributed by atoms with Crippen LogP contribution in [0.3, 0.4) is 0 Å². The molecule has 0 aliphatic heterocycles. The van der Waals surface area contributed by atoms with Crippen molar-refractivity contribution in [3.05, 3.63) is 0 Å². The monoisotopic (exact) mass is 318 g/mol. The first-order valence-electron chi connectivity index (χ1n) is 7.61. The quantitative estimate of drug-likeness (QED) is 0.533. The molecule has 5 nitrogen and oxygen atoms in total. The lowest BCUT2D eigenvalue weighted by Crippen LogP contribution is -2.46. The molecule has 0 amide bonds. The number of carbonyl (C=O) groups is 1. The van der Waals surface area contributed by atoms with Gasteiger partial charge in [-0.15, -0.1) is 0 Å². The first-order chi connectivity index (χ1) is 9.74. The highest BCUT2D eigenvalue weighted by Gasteiger charge is 2.48. The summed E-state index contributed by atoms with van der Waals surface area (Å²) in [5.41, 5.74) is -0.376. The van der Waals surface area contributed by atoms with Gasteiger partial charge in [0.15, 0.2) is 0 Å². The van der Waals surface area contributed by atoms with E-state index in [0.717, 1.165) is 25.7 Å². The van der Waals surface area contributed by atoms with E-state index >= 15 is 0 Å². The Hall–Kier alpha value is -0.433. The van der Waals surface area contributed by atoms with Gasteiger partial charge in [0.1, 0.15) is 5.60 Å². The third kappa shape index (κ3) is 4.28. The van der Waals surface area contributed by atoms with Crippen molar-refractivity contribution in [3.8, 4) is 0 Å². The number of ether oxygens (including phenoxy) is 1. The summed E-state index contributed by atoms with van der Waals surface area (Å²) in [4.78, 5) is 12.3. The van der Waals surface area contributed by atoms with Gasteiger partial charge in [-0.3, -0.25) is 4.79 Å². The molecule has 124 valence electrons. The lowest BCUT2D eigenvalue weighted by Gasteiger charge is -2.41.